The molecular formula is C20H21NO2S. The van der Waals surface area contributed by atoms with Crippen molar-refractivity contribution in [3.63, 3.8) is 0 Å². The number of rotatable bonds is 8. The van der Waals surface area contributed by atoms with Crippen molar-refractivity contribution in [2.75, 3.05) is 7.11 Å². The smallest absolute Gasteiger partial charge is 0.161 e. The summed E-state index contributed by atoms with van der Waals surface area (Å²) in [4.78, 5) is 1.20. The maximum Gasteiger partial charge on any atom is 0.161 e. The van der Waals surface area contributed by atoms with E-state index in [4.69, 9.17) is 9.47 Å². The van der Waals surface area contributed by atoms with E-state index in [1.165, 1.54) is 16.0 Å². The molecule has 1 aromatic heterocycles. The molecule has 24 heavy (non-hydrogen) atoms. The van der Waals surface area contributed by atoms with E-state index in [9.17, 15) is 0 Å². The summed E-state index contributed by atoms with van der Waals surface area (Å²) in [5, 5.41) is 5.50. The molecule has 0 atom stereocenters. The van der Waals surface area contributed by atoms with Crippen molar-refractivity contribution in [3.8, 4) is 11.5 Å². The van der Waals surface area contributed by atoms with Crippen LogP contribution >= 0.6 is 11.3 Å². The summed E-state index contributed by atoms with van der Waals surface area (Å²) in [7, 11) is 1.68. The van der Waals surface area contributed by atoms with Gasteiger partial charge in [0.1, 0.15) is 6.61 Å². The van der Waals surface area contributed by atoms with Crippen LogP contribution in [0.3, 0.4) is 0 Å². The van der Waals surface area contributed by atoms with Gasteiger partial charge in [0, 0.05) is 18.0 Å². The van der Waals surface area contributed by atoms with Gasteiger partial charge < -0.3 is 14.8 Å². The molecule has 0 bridgehead atoms. The van der Waals surface area contributed by atoms with Crippen LogP contribution in [0.2, 0.25) is 0 Å². The van der Waals surface area contributed by atoms with E-state index < -0.39 is 0 Å². The first-order chi connectivity index (χ1) is 11.8. The second kappa shape index (κ2) is 8.52. The SMILES string of the molecule is COc1cc(CNCc2ccccc2)ccc1OCc1cccs1. The maximum atomic E-state index is 5.87. The van der Waals surface area contributed by atoms with Crippen molar-refractivity contribution in [3.05, 3.63) is 82.0 Å². The lowest BCUT2D eigenvalue weighted by molar-refractivity contribution is 0.287. The standard InChI is InChI=1S/C20H21NO2S/c1-22-20-12-17(14-21-13-16-6-3-2-4-7-16)9-10-19(20)23-15-18-8-5-11-24-18/h2-12,21H,13-15H2,1H3. The van der Waals surface area contributed by atoms with Crippen molar-refractivity contribution in [2.45, 2.75) is 19.7 Å². The van der Waals surface area contributed by atoms with Gasteiger partial charge in [-0.05, 0) is 34.7 Å². The van der Waals surface area contributed by atoms with Gasteiger partial charge in [-0.3, -0.25) is 0 Å². The summed E-state index contributed by atoms with van der Waals surface area (Å²) in [6.45, 7) is 2.20. The van der Waals surface area contributed by atoms with Gasteiger partial charge in [-0.25, -0.2) is 0 Å². The van der Waals surface area contributed by atoms with E-state index >= 15 is 0 Å². The molecule has 0 aliphatic rings. The molecule has 1 N–H and O–H groups in total. The van der Waals surface area contributed by atoms with Crippen molar-refractivity contribution >= 4 is 11.3 Å². The minimum absolute atomic E-state index is 0.569. The summed E-state index contributed by atoms with van der Waals surface area (Å²) < 4.78 is 11.3. The van der Waals surface area contributed by atoms with Crippen LogP contribution < -0.4 is 14.8 Å². The molecule has 2 aromatic carbocycles. The highest BCUT2D eigenvalue weighted by Crippen LogP contribution is 2.29. The lowest BCUT2D eigenvalue weighted by Crippen LogP contribution is -2.12. The van der Waals surface area contributed by atoms with Gasteiger partial charge >= 0.3 is 0 Å². The molecule has 3 nitrogen and oxygen atoms in total. The van der Waals surface area contributed by atoms with Crippen molar-refractivity contribution in [2.24, 2.45) is 0 Å². The summed E-state index contributed by atoms with van der Waals surface area (Å²) in [5.41, 5.74) is 2.45. The molecule has 3 aromatic rings. The first kappa shape index (κ1) is 16.6. The summed E-state index contributed by atoms with van der Waals surface area (Å²) in [6.07, 6.45) is 0. The van der Waals surface area contributed by atoms with Gasteiger partial charge in [0.25, 0.3) is 0 Å². The van der Waals surface area contributed by atoms with Gasteiger partial charge in [0.15, 0.2) is 11.5 Å². The molecular weight excluding hydrogens is 318 g/mol. The van der Waals surface area contributed by atoms with Crippen LogP contribution in [-0.2, 0) is 19.7 Å². The van der Waals surface area contributed by atoms with Gasteiger partial charge in [-0.15, -0.1) is 11.3 Å². The number of nitrogens with one attached hydrogen (secondary N) is 1. The van der Waals surface area contributed by atoms with Crippen LogP contribution in [0.15, 0.2) is 66.0 Å². The minimum atomic E-state index is 0.569. The number of thiophene rings is 1. The Hall–Kier alpha value is -2.30. The zero-order valence-corrected chi connectivity index (χ0v) is 14.5. The molecule has 0 aliphatic carbocycles. The average Bonchev–Trinajstić information content (AvgIpc) is 3.15. The van der Waals surface area contributed by atoms with Crippen LogP contribution in [0, 0.1) is 0 Å². The fourth-order valence-electron chi connectivity index (χ4n) is 2.43. The molecule has 0 fully saturated rings. The van der Waals surface area contributed by atoms with E-state index in [2.05, 4.69) is 47.1 Å². The molecule has 4 heteroatoms. The average molecular weight is 339 g/mol. The van der Waals surface area contributed by atoms with Crippen LogP contribution in [0.1, 0.15) is 16.0 Å². The molecule has 0 saturated carbocycles. The van der Waals surface area contributed by atoms with Gasteiger partial charge in [0.2, 0.25) is 0 Å². The minimum Gasteiger partial charge on any atom is -0.493 e. The zero-order chi connectivity index (χ0) is 16.6. The summed E-state index contributed by atoms with van der Waals surface area (Å²) in [5.74, 6) is 1.54. The lowest BCUT2D eigenvalue weighted by atomic mass is 10.2. The Labute approximate surface area is 146 Å². The Kier molecular flexibility index (Phi) is 5.88. The Morgan fingerprint density at radius 2 is 1.71 bits per heavy atom. The molecule has 0 saturated heterocycles. The number of hydrogen-bond donors (Lipinski definition) is 1. The van der Waals surface area contributed by atoms with Crippen LogP contribution in [0.5, 0.6) is 11.5 Å². The van der Waals surface area contributed by atoms with E-state index in [0.717, 1.165) is 24.6 Å². The third-order valence-electron chi connectivity index (χ3n) is 3.68. The maximum absolute atomic E-state index is 5.87. The Balaban J connectivity index is 1.56. The summed E-state index contributed by atoms with van der Waals surface area (Å²) in [6, 6.07) is 20.6. The topological polar surface area (TPSA) is 30.5 Å². The first-order valence-electron chi connectivity index (χ1n) is 7.92. The van der Waals surface area contributed by atoms with E-state index in [1.807, 2.05) is 24.3 Å². The highest BCUT2D eigenvalue weighted by Gasteiger charge is 2.06. The van der Waals surface area contributed by atoms with E-state index in [0.29, 0.717) is 6.61 Å². The second-order valence-electron chi connectivity index (χ2n) is 5.44. The molecule has 0 aliphatic heterocycles. The van der Waals surface area contributed by atoms with Crippen molar-refractivity contribution in [1.29, 1.82) is 0 Å². The van der Waals surface area contributed by atoms with Gasteiger partial charge in [-0.2, -0.15) is 0 Å². The van der Waals surface area contributed by atoms with E-state index in [-0.39, 0.29) is 0 Å². The molecule has 0 amide bonds. The molecule has 3 rings (SSSR count). The second-order valence-corrected chi connectivity index (χ2v) is 6.47. The monoisotopic (exact) mass is 339 g/mol. The van der Waals surface area contributed by atoms with Gasteiger partial charge in [-0.1, -0.05) is 42.5 Å². The first-order valence-corrected chi connectivity index (χ1v) is 8.80. The van der Waals surface area contributed by atoms with Gasteiger partial charge in [0.05, 0.1) is 7.11 Å². The normalized spacial score (nSPS) is 10.5. The highest BCUT2D eigenvalue weighted by molar-refractivity contribution is 7.09. The van der Waals surface area contributed by atoms with Crippen LogP contribution in [0.25, 0.3) is 0 Å². The number of hydrogen-bond acceptors (Lipinski definition) is 4. The van der Waals surface area contributed by atoms with Crippen LogP contribution in [0.4, 0.5) is 0 Å². The fraction of sp³-hybridized carbons (Fsp3) is 0.200. The number of benzene rings is 2. The Bertz CT molecular complexity index is 742. The Morgan fingerprint density at radius 1 is 0.875 bits per heavy atom. The molecule has 124 valence electrons. The highest BCUT2D eigenvalue weighted by atomic mass is 32.1. The lowest BCUT2D eigenvalue weighted by Gasteiger charge is -2.12. The molecule has 1 heterocycles. The van der Waals surface area contributed by atoms with Crippen molar-refractivity contribution < 1.29 is 9.47 Å². The third kappa shape index (κ3) is 4.60. The van der Waals surface area contributed by atoms with Crippen LogP contribution in [-0.4, -0.2) is 7.11 Å². The third-order valence-corrected chi connectivity index (χ3v) is 4.53. The number of methoxy groups -OCH3 is 1. The molecule has 0 spiro atoms. The molecule has 0 unspecified atom stereocenters. The Morgan fingerprint density at radius 3 is 2.46 bits per heavy atom. The van der Waals surface area contributed by atoms with E-state index in [1.54, 1.807) is 18.4 Å². The fourth-order valence-corrected chi connectivity index (χ4v) is 3.05. The quantitative estimate of drug-likeness (QED) is 0.649. The largest absolute Gasteiger partial charge is 0.493 e. The summed E-state index contributed by atoms with van der Waals surface area (Å²) >= 11 is 1.69. The molecule has 0 radical (unpaired) electrons. The number of ether oxygens (including phenoxy) is 2. The predicted octanol–water partition coefficient (Wildman–Crippen LogP) is 4.63. The van der Waals surface area contributed by atoms with Crippen molar-refractivity contribution in [1.82, 2.24) is 5.32 Å². The predicted molar refractivity (Wildman–Crippen MR) is 98.6 cm³/mol. The zero-order valence-electron chi connectivity index (χ0n) is 13.7.